The van der Waals surface area contributed by atoms with Gasteiger partial charge in [-0.15, -0.1) is 0 Å². The number of nitrogens with one attached hydrogen (secondary N) is 2. The van der Waals surface area contributed by atoms with Crippen LogP contribution in [0, 0.1) is 6.92 Å². The highest BCUT2D eigenvalue weighted by molar-refractivity contribution is 6.07. The van der Waals surface area contributed by atoms with Crippen molar-refractivity contribution in [2.24, 2.45) is 0 Å². The van der Waals surface area contributed by atoms with E-state index in [0.717, 1.165) is 5.39 Å². The molecule has 1 aliphatic rings. The number of nitrogens with zero attached hydrogens (tertiary/aromatic N) is 1. The van der Waals surface area contributed by atoms with E-state index in [2.05, 4.69) is 15.5 Å². The predicted octanol–water partition coefficient (Wildman–Crippen LogP) is 2.04. The van der Waals surface area contributed by atoms with E-state index in [1.807, 2.05) is 24.3 Å². The number of carbonyl (C=O) groups excluding carboxylic acids is 1. The van der Waals surface area contributed by atoms with E-state index in [0.29, 0.717) is 35.9 Å². The summed E-state index contributed by atoms with van der Waals surface area (Å²) in [5.74, 6) is 1.03. The molecule has 1 amide bonds. The van der Waals surface area contributed by atoms with E-state index in [1.54, 1.807) is 19.3 Å². The number of aromatic nitrogens is 2. The maximum absolute atomic E-state index is 12.7. The number of rotatable bonds is 4. The molecule has 0 spiro atoms. The van der Waals surface area contributed by atoms with Crippen LogP contribution < -0.4 is 10.1 Å². The molecule has 7 heteroatoms. The largest absolute Gasteiger partial charge is 0.482 e. The molecule has 2 aromatic heterocycles. The molecule has 0 unspecified atom stereocenters. The fraction of sp³-hybridized carbons (Fsp3) is 0.294. The van der Waals surface area contributed by atoms with Crippen LogP contribution in [0.2, 0.25) is 0 Å². The zero-order chi connectivity index (χ0) is 16.5. The highest BCUT2D eigenvalue weighted by Gasteiger charge is 2.33. The molecule has 0 radical (unpaired) electrons. The van der Waals surface area contributed by atoms with Crippen LogP contribution in [0.4, 0.5) is 0 Å². The molecule has 1 aromatic carbocycles. The molecule has 0 aliphatic carbocycles. The number of ether oxygens (including phenoxy) is 2. The second-order valence-electron chi connectivity index (χ2n) is 5.74. The number of benzene rings is 1. The summed E-state index contributed by atoms with van der Waals surface area (Å²) in [4.78, 5) is 12.7. The summed E-state index contributed by atoms with van der Waals surface area (Å²) < 4.78 is 16.9. The van der Waals surface area contributed by atoms with Crippen molar-refractivity contribution in [3.05, 3.63) is 48.0 Å². The van der Waals surface area contributed by atoms with Crippen molar-refractivity contribution >= 4 is 16.9 Å². The minimum atomic E-state index is -0.259. The number of furan rings is 1. The topological polar surface area (TPSA) is 89.4 Å². The van der Waals surface area contributed by atoms with E-state index < -0.39 is 0 Å². The van der Waals surface area contributed by atoms with Crippen LogP contribution in [0.5, 0.6) is 5.75 Å². The third kappa shape index (κ3) is 2.63. The molecule has 1 aliphatic heterocycles. The van der Waals surface area contributed by atoms with Crippen LogP contribution in [0.3, 0.4) is 0 Å². The second kappa shape index (κ2) is 6.01. The fourth-order valence-corrected chi connectivity index (χ4v) is 2.95. The van der Waals surface area contributed by atoms with Gasteiger partial charge in [0.05, 0.1) is 37.2 Å². The maximum atomic E-state index is 12.7. The van der Waals surface area contributed by atoms with Gasteiger partial charge in [0, 0.05) is 5.39 Å². The summed E-state index contributed by atoms with van der Waals surface area (Å²) >= 11 is 0. The molecule has 7 nitrogen and oxygen atoms in total. The smallest absolute Gasteiger partial charge is 0.255 e. The monoisotopic (exact) mass is 327 g/mol. The zero-order valence-corrected chi connectivity index (χ0v) is 13.1. The highest BCUT2D eigenvalue weighted by atomic mass is 16.5. The van der Waals surface area contributed by atoms with Crippen LogP contribution >= 0.6 is 0 Å². The van der Waals surface area contributed by atoms with Crippen LogP contribution in [0.1, 0.15) is 16.1 Å². The first-order valence-electron chi connectivity index (χ1n) is 7.74. The average Bonchev–Trinajstić information content (AvgIpc) is 3.28. The third-order valence-electron chi connectivity index (χ3n) is 4.10. The van der Waals surface area contributed by atoms with Gasteiger partial charge in [0.25, 0.3) is 5.91 Å². The summed E-state index contributed by atoms with van der Waals surface area (Å²) in [5, 5.41) is 10.3. The first-order valence-corrected chi connectivity index (χ1v) is 7.74. The Bertz CT molecular complexity index is 856. The van der Waals surface area contributed by atoms with Gasteiger partial charge in [-0.1, -0.05) is 18.2 Å². The number of fused-ring (bicyclic) bond motifs is 1. The molecular weight excluding hydrogens is 310 g/mol. The summed E-state index contributed by atoms with van der Waals surface area (Å²) in [7, 11) is 0. The Hall–Kier alpha value is -2.80. The Labute approximate surface area is 137 Å². The fourth-order valence-electron chi connectivity index (χ4n) is 2.95. The number of para-hydroxylation sites is 1. The van der Waals surface area contributed by atoms with Crippen LogP contribution in [0.25, 0.3) is 11.0 Å². The summed E-state index contributed by atoms with van der Waals surface area (Å²) in [6, 6.07) is 7.26. The Kier molecular flexibility index (Phi) is 3.70. The summed E-state index contributed by atoms with van der Waals surface area (Å²) in [6.45, 7) is 2.61. The van der Waals surface area contributed by atoms with Crippen molar-refractivity contribution in [2.75, 3.05) is 13.2 Å². The molecule has 4 rings (SSSR count). The Morgan fingerprint density at radius 1 is 1.38 bits per heavy atom. The lowest BCUT2D eigenvalue weighted by molar-refractivity contribution is 0.0904. The predicted molar refractivity (Wildman–Crippen MR) is 86.0 cm³/mol. The SMILES string of the molecule is Cc1oc2ccccc2c1C(=O)N[C@H]1COC[C@H]1Oc1cn[nH]c1. The number of carbonyl (C=O) groups is 1. The highest BCUT2D eigenvalue weighted by Crippen LogP contribution is 2.25. The minimum absolute atomic E-state index is 0.186. The van der Waals surface area contributed by atoms with E-state index in [-0.39, 0.29) is 18.1 Å². The molecular formula is C17H17N3O4. The number of hydrogen-bond acceptors (Lipinski definition) is 5. The van der Waals surface area contributed by atoms with Crippen LogP contribution in [-0.4, -0.2) is 41.5 Å². The van der Waals surface area contributed by atoms with Crippen LogP contribution in [0.15, 0.2) is 41.1 Å². The number of aromatic amines is 1. The first-order chi connectivity index (χ1) is 11.7. The lowest BCUT2D eigenvalue weighted by Crippen LogP contribution is -2.45. The molecule has 0 bridgehead atoms. The summed E-state index contributed by atoms with van der Waals surface area (Å²) in [5.41, 5.74) is 1.26. The normalized spacial score (nSPS) is 20.4. The lowest BCUT2D eigenvalue weighted by atomic mass is 10.1. The van der Waals surface area contributed by atoms with Crippen LogP contribution in [-0.2, 0) is 4.74 Å². The Morgan fingerprint density at radius 3 is 3.08 bits per heavy atom. The molecule has 1 saturated heterocycles. The van der Waals surface area contributed by atoms with Crippen molar-refractivity contribution in [2.45, 2.75) is 19.1 Å². The van der Waals surface area contributed by atoms with Gasteiger partial charge in [0.2, 0.25) is 0 Å². The first kappa shape index (κ1) is 14.8. The van der Waals surface area contributed by atoms with Gasteiger partial charge in [-0.05, 0) is 13.0 Å². The van der Waals surface area contributed by atoms with Gasteiger partial charge < -0.3 is 19.2 Å². The molecule has 3 aromatic rings. The van der Waals surface area contributed by atoms with Gasteiger partial charge in [0.15, 0.2) is 5.75 Å². The number of hydrogen-bond donors (Lipinski definition) is 2. The van der Waals surface area contributed by atoms with E-state index in [4.69, 9.17) is 13.9 Å². The average molecular weight is 327 g/mol. The standard InChI is InChI=1S/C17H17N3O4/c1-10-16(12-4-2-3-5-14(12)23-10)17(21)20-13-8-22-9-15(13)24-11-6-18-19-7-11/h2-7,13,15H,8-9H2,1H3,(H,18,19)(H,20,21)/t13-,15+/m0/s1. The number of aryl methyl sites for hydroxylation is 1. The van der Waals surface area contributed by atoms with E-state index in [9.17, 15) is 4.79 Å². The third-order valence-corrected chi connectivity index (χ3v) is 4.10. The lowest BCUT2D eigenvalue weighted by Gasteiger charge is -2.19. The minimum Gasteiger partial charge on any atom is -0.482 e. The van der Waals surface area contributed by atoms with Crippen molar-refractivity contribution in [3.63, 3.8) is 0 Å². The zero-order valence-electron chi connectivity index (χ0n) is 13.1. The van der Waals surface area contributed by atoms with Gasteiger partial charge in [0.1, 0.15) is 17.4 Å². The number of amides is 1. The molecule has 0 saturated carbocycles. The van der Waals surface area contributed by atoms with E-state index >= 15 is 0 Å². The van der Waals surface area contributed by atoms with Gasteiger partial charge in [-0.2, -0.15) is 5.10 Å². The summed E-state index contributed by atoms with van der Waals surface area (Å²) in [6.07, 6.45) is 2.99. The molecule has 3 heterocycles. The molecule has 2 atom stereocenters. The van der Waals surface area contributed by atoms with Crippen molar-refractivity contribution in [1.82, 2.24) is 15.5 Å². The van der Waals surface area contributed by atoms with E-state index in [1.165, 1.54) is 0 Å². The molecule has 24 heavy (non-hydrogen) atoms. The Balaban J connectivity index is 1.53. The van der Waals surface area contributed by atoms with Crippen molar-refractivity contribution in [1.29, 1.82) is 0 Å². The maximum Gasteiger partial charge on any atom is 0.255 e. The van der Waals surface area contributed by atoms with Gasteiger partial charge in [-0.3, -0.25) is 9.89 Å². The second-order valence-corrected chi connectivity index (χ2v) is 5.74. The van der Waals surface area contributed by atoms with Gasteiger partial charge >= 0.3 is 0 Å². The Morgan fingerprint density at radius 2 is 2.25 bits per heavy atom. The van der Waals surface area contributed by atoms with Crippen molar-refractivity contribution in [3.8, 4) is 5.75 Å². The van der Waals surface area contributed by atoms with Crippen molar-refractivity contribution < 1.29 is 18.7 Å². The molecule has 1 fully saturated rings. The van der Waals surface area contributed by atoms with Gasteiger partial charge in [-0.25, -0.2) is 0 Å². The molecule has 2 N–H and O–H groups in total. The molecule has 124 valence electrons. The number of H-pyrrole nitrogens is 1. The quantitative estimate of drug-likeness (QED) is 0.765.